The molecule has 0 amide bonds. The monoisotopic (exact) mass is 274 g/mol. The molecule has 1 N–H and O–H groups in total. The molecule has 0 saturated heterocycles. The van der Waals surface area contributed by atoms with E-state index >= 15 is 0 Å². The van der Waals surface area contributed by atoms with E-state index in [4.69, 9.17) is 16.7 Å². The average Bonchev–Trinajstić information content (AvgIpc) is 2.51. The molecular formula is C8H4BrFN2OS. The fraction of sp³-hybridized carbons (Fsp3) is 0. The highest BCUT2D eigenvalue weighted by Gasteiger charge is 2.07. The molecule has 0 atom stereocenters. The number of halogens is 2. The lowest BCUT2D eigenvalue weighted by Crippen LogP contribution is -1.83. The van der Waals surface area contributed by atoms with Gasteiger partial charge in [0, 0.05) is 10.0 Å². The molecule has 0 bridgehead atoms. The van der Waals surface area contributed by atoms with Gasteiger partial charge in [0.15, 0.2) is 5.82 Å². The van der Waals surface area contributed by atoms with Gasteiger partial charge in [-0.05, 0) is 46.3 Å². The fourth-order valence-electron chi connectivity index (χ4n) is 1.03. The molecule has 0 radical (unpaired) electrons. The van der Waals surface area contributed by atoms with Crippen LogP contribution in [0.2, 0.25) is 0 Å². The molecule has 72 valence electrons. The largest absolute Gasteiger partial charge is 0.348 e. The van der Waals surface area contributed by atoms with Gasteiger partial charge in [-0.3, -0.25) is 0 Å². The summed E-state index contributed by atoms with van der Waals surface area (Å²) >= 11 is 7.92. The minimum Gasteiger partial charge on any atom is -0.348 e. The summed E-state index contributed by atoms with van der Waals surface area (Å²) in [5, 5.41) is 2.54. The van der Waals surface area contributed by atoms with E-state index in [1.807, 2.05) is 0 Å². The van der Waals surface area contributed by atoms with Crippen LogP contribution in [-0.4, -0.2) is 10.1 Å². The first-order chi connectivity index (χ1) is 6.66. The van der Waals surface area contributed by atoms with E-state index in [0.717, 1.165) is 0 Å². The lowest BCUT2D eigenvalue weighted by atomic mass is 10.2. The van der Waals surface area contributed by atoms with Crippen molar-refractivity contribution >= 4 is 28.1 Å². The Labute approximate surface area is 92.1 Å². The van der Waals surface area contributed by atoms with Crippen LogP contribution in [0, 0.1) is 10.7 Å². The lowest BCUT2D eigenvalue weighted by Gasteiger charge is -1.98. The number of hydrogen-bond donors (Lipinski definition) is 1. The Morgan fingerprint density at radius 1 is 1.50 bits per heavy atom. The Morgan fingerprint density at radius 2 is 2.29 bits per heavy atom. The number of nitrogens with one attached hydrogen (secondary N) is 1. The predicted molar refractivity (Wildman–Crippen MR) is 54.8 cm³/mol. The van der Waals surface area contributed by atoms with E-state index in [0.29, 0.717) is 15.9 Å². The molecule has 1 aromatic carbocycles. The molecule has 1 aromatic heterocycles. The van der Waals surface area contributed by atoms with Gasteiger partial charge in [-0.2, -0.15) is 4.98 Å². The summed E-state index contributed by atoms with van der Waals surface area (Å²) in [7, 11) is 0. The number of nitrogens with zero attached hydrogens (tertiary/aromatic N) is 1. The maximum absolute atomic E-state index is 12.8. The third-order valence-electron chi connectivity index (χ3n) is 1.62. The summed E-state index contributed by atoms with van der Waals surface area (Å²) in [6.45, 7) is 0. The van der Waals surface area contributed by atoms with Gasteiger partial charge >= 0.3 is 4.84 Å². The number of benzene rings is 1. The predicted octanol–water partition coefficient (Wildman–Crippen LogP) is 3.30. The zero-order valence-electron chi connectivity index (χ0n) is 6.75. The summed E-state index contributed by atoms with van der Waals surface area (Å²) < 4.78 is 18.1. The van der Waals surface area contributed by atoms with Gasteiger partial charge in [0.25, 0.3) is 0 Å². The Bertz CT molecular complexity index is 522. The van der Waals surface area contributed by atoms with Crippen LogP contribution in [0.15, 0.2) is 27.2 Å². The van der Waals surface area contributed by atoms with Gasteiger partial charge in [-0.1, -0.05) is 0 Å². The van der Waals surface area contributed by atoms with Crippen molar-refractivity contribution in [2.75, 3.05) is 0 Å². The number of aromatic nitrogens is 2. The van der Waals surface area contributed by atoms with E-state index in [1.54, 1.807) is 6.07 Å². The first-order valence-corrected chi connectivity index (χ1v) is 4.88. The molecule has 0 aliphatic carbocycles. The average molecular weight is 275 g/mol. The van der Waals surface area contributed by atoms with Crippen molar-refractivity contribution in [3.8, 4) is 11.4 Å². The molecule has 0 unspecified atom stereocenters. The van der Waals surface area contributed by atoms with Gasteiger partial charge in [-0.25, -0.2) is 9.55 Å². The van der Waals surface area contributed by atoms with E-state index in [9.17, 15) is 4.39 Å². The molecule has 0 aliphatic rings. The molecule has 14 heavy (non-hydrogen) atoms. The quantitative estimate of drug-likeness (QED) is 0.812. The Kier molecular flexibility index (Phi) is 2.47. The van der Waals surface area contributed by atoms with Gasteiger partial charge in [0.2, 0.25) is 0 Å². The van der Waals surface area contributed by atoms with Crippen molar-refractivity contribution in [3.05, 3.63) is 33.3 Å². The van der Waals surface area contributed by atoms with E-state index < -0.39 is 0 Å². The van der Waals surface area contributed by atoms with Gasteiger partial charge in [0.1, 0.15) is 5.82 Å². The Morgan fingerprint density at radius 3 is 2.86 bits per heavy atom. The summed E-state index contributed by atoms with van der Waals surface area (Å²) in [4.78, 5) is 4.03. The molecular weight excluding hydrogens is 271 g/mol. The summed E-state index contributed by atoms with van der Waals surface area (Å²) in [5.74, 6) is 0.157. The van der Waals surface area contributed by atoms with E-state index in [2.05, 4.69) is 26.1 Å². The third kappa shape index (κ3) is 1.76. The molecule has 3 nitrogen and oxygen atoms in total. The molecule has 0 fully saturated rings. The maximum atomic E-state index is 12.8. The van der Waals surface area contributed by atoms with Crippen molar-refractivity contribution in [1.82, 2.24) is 10.1 Å². The summed E-state index contributed by atoms with van der Waals surface area (Å²) in [6, 6.07) is 4.27. The summed E-state index contributed by atoms with van der Waals surface area (Å²) in [6.07, 6.45) is 0. The number of H-pyrrole nitrogens is 1. The standard InChI is InChI=1S/C8H4BrFN2OS/c9-6-3-4(10)1-2-5(6)7-11-8(14)13-12-7/h1-3H,(H,11,12,14). The first kappa shape index (κ1) is 9.54. The topological polar surface area (TPSA) is 41.8 Å². The zero-order chi connectivity index (χ0) is 10.1. The second kappa shape index (κ2) is 3.62. The molecule has 1 heterocycles. The van der Waals surface area contributed by atoms with Crippen LogP contribution in [0.25, 0.3) is 11.4 Å². The van der Waals surface area contributed by atoms with Crippen LogP contribution in [0.4, 0.5) is 4.39 Å². The second-order valence-electron chi connectivity index (χ2n) is 2.55. The molecule has 0 aliphatic heterocycles. The smallest absolute Gasteiger partial charge is 0.314 e. The van der Waals surface area contributed by atoms with Crippen molar-refractivity contribution in [2.24, 2.45) is 0 Å². The Balaban J connectivity index is 2.57. The maximum Gasteiger partial charge on any atom is 0.314 e. The van der Waals surface area contributed by atoms with Crippen LogP contribution in [0.5, 0.6) is 0 Å². The Hall–Kier alpha value is -1.01. The summed E-state index contributed by atoms with van der Waals surface area (Å²) in [5.41, 5.74) is 0.700. The fourth-order valence-corrected chi connectivity index (χ4v) is 1.70. The number of rotatable bonds is 1. The number of hydrogen-bond acceptors (Lipinski definition) is 3. The van der Waals surface area contributed by atoms with E-state index in [-0.39, 0.29) is 10.7 Å². The molecule has 0 saturated carbocycles. The molecule has 2 aromatic rings. The highest BCUT2D eigenvalue weighted by molar-refractivity contribution is 9.10. The van der Waals surface area contributed by atoms with Crippen LogP contribution < -0.4 is 0 Å². The van der Waals surface area contributed by atoms with Crippen LogP contribution in [0.1, 0.15) is 0 Å². The highest BCUT2D eigenvalue weighted by atomic mass is 79.9. The SMILES string of the molecule is Fc1ccc(-c2nc(=S)o[nH]2)c(Br)c1. The lowest BCUT2D eigenvalue weighted by molar-refractivity contribution is 0.406. The van der Waals surface area contributed by atoms with Crippen molar-refractivity contribution in [3.63, 3.8) is 0 Å². The van der Waals surface area contributed by atoms with Crippen molar-refractivity contribution in [1.29, 1.82) is 0 Å². The first-order valence-electron chi connectivity index (χ1n) is 3.68. The van der Waals surface area contributed by atoms with Gasteiger partial charge in [-0.15, -0.1) is 0 Å². The van der Waals surface area contributed by atoms with Crippen LogP contribution in [0.3, 0.4) is 0 Å². The molecule has 6 heteroatoms. The number of aromatic amines is 1. The van der Waals surface area contributed by atoms with Crippen LogP contribution >= 0.6 is 28.1 Å². The van der Waals surface area contributed by atoms with E-state index in [1.165, 1.54) is 12.1 Å². The van der Waals surface area contributed by atoms with Crippen molar-refractivity contribution < 1.29 is 8.91 Å². The van der Waals surface area contributed by atoms with Crippen molar-refractivity contribution in [2.45, 2.75) is 0 Å². The van der Waals surface area contributed by atoms with Gasteiger partial charge < -0.3 is 4.52 Å². The highest BCUT2D eigenvalue weighted by Crippen LogP contribution is 2.26. The van der Waals surface area contributed by atoms with Gasteiger partial charge in [0.05, 0.1) is 0 Å². The minimum atomic E-state index is -0.317. The molecule has 2 rings (SSSR count). The zero-order valence-corrected chi connectivity index (χ0v) is 9.15. The molecule has 0 spiro atoms. The third-order valence-corrected chi connectivity index (χ3v) is 2.46. The van der Waals surface area contributed by atoms with Crippen LogP contribution in [-0.2, 0) is 0 Å². The normalized spacial score (nSPS) is 10.4. The minimum absolute atomic E-state index is 0.122. The second-order valence-corrected chi connectivity index (χ2v) is 3.76.